The summed E-state index contributed by atoms with van der Waals surface area (Å²) < 4.78 is 5.06. The predicted molar refractivity (Wildman–Crippen MR) is 96.7 cm³/mol. The average molecular weight is 341 g/mol. The van der Waals surface area contributed by atoms with E-state index in [0.717, 1.165) is 5.56 Å². The van der Waals surface area contributed by atoms with Crippen molar-refractivity contribution in [3.63, 3.8) is 0 Å². The van der Waals surface area contributed by atoms with Crippen LogP contribution >= 0.6 is 0 Å². The first-order valence-corrected chi connectivity index (χ1v) is 8.03. The van der Waals surface area contributed by atoms with Gasteiger partial charge in [-0.05, 0) is 35.7 Å². The maximum Gasteiger partial charge on any atom is 0.335 e. The zero-order valence-electron chi connectivity index (χ0n) is 14.7. The summed E-state index contributed by atoms with van der Waals surface area (Å²) in [6.07, 6.45) is 0.587. The molecule has 2 aromatic rings. The number of carbonyl (C=O) groups excluding carboxylic acids is 1. The van der Waals surface area contributed by atoms with Crippen molar-refractivity contribution in [3.05, 3.63) is 65.2 Å². The minimum absolute atomic E-state index is 0.116. The topological polar surface area (TPSA) is 75.6 Å². The zero-order chi connectivity index (χ0) is 18.4. The van der Waals surface area contributed by atoms with E-state index >= 15 is 0 Å². The molecule has 5 heteroatoms. The third-order valence-electron chi connectivity index (χ3n) is 3.91. The Kier molecular flexibility index (Phi) is 5.93. The third-order valence-corrected chi connectivity index (χ3v) is 3.91. The normalized spacial score (nSPS) is 11.2. The monoisotopic (exact) mass is 341 g/mol. The molecule has 25 heavy (non-hydrogen) atoms. The Hall–Kier alpha value is -2.66. The predicted octanol–water partition coefficient (Wildman–Crippen LogP) is 3.74. The Balaban J connectivity index is 2.19. The molecular formula is C20H23NO4. The molecule has 2 N–H and O–H groups in total. The molecule has 0 atom stereocenters. The van der Waals surface area contributed by atoms with E-state index in [1.165, 1.54) is 19.2 Å². The molecule has 0 heterocycles. The molecule has 0 saturated heterocycles. The van der Waals surface area contributed by atoms with Gasteiger partial charge in [-0.2, -0.15) is 0 Å². The van der Waals surface area contributed by atoms with Crippen LogP contribution in [0, 0.1) is 5.41 Å². The van der Waals surface area contributed by atoms with Crippen LogP contribution in [0.2, 0.25) is 0 Å². The summed E-state index contributed by atoms with van der Waals surface area (Å²) >= 11 is 0. The first-order chi connectivity index (χ1) is 11.8. The molecule has 0 aliphatic heterocycles. The van der Waals surface area contributed by atoms with Crippen molar-refractivity contribution >= 4 is 17.6 Å². The minimum atomic E-state index is -1.04. The number of anilines is 1. The van der Waals surface area contributed by atoms with E-state index in [0.29, 0.717) is 17.7 Å². The van der Waals surface area contributed by atoms with Gasteiger partial charge in [0.15, 0.2) is 0 Å². The molecule has 1 amide bonds. The van der Waals surface area contributed by atoms with Crippen molar-refractivity contribution in [1.82, 2.24) is 0 Å². The van der Waals surface area contributed by atoms with Gasteiger partial charge in [0, 0.05) is 18.2 Å². The van der Waals surface area contributed by atoms with E-state index in [2.05, 4.69) is 5.32 Å². The Labute approximate surface area is 147 Å². The molecule has 0 fully saturated rings. The molecule has 0 unspecified atom stereocenters. The number of carboxylic acid groups (broad SMARTS) is 1. The fourth-order valence-electron chi connectivity index (χ4n) is 2.62. The molecule has 0 aromatic heterocycles. The van der Waals surface area contributed by atoms with E-state index in [-0.39, 0.29) is 18.1 Å². The van der Waals surface area contributed by atoms with Crippen LogP contribution in [-0.2, 0) is 22.6 Å². The molecule has 0 bridgehead atoms. The first kappa shape index (κ1) is 18.7. The molecule has 0 saturated carbocycles. The standard InChI is InChI=1S/C20H23NO4/c1-20(2,12-14-7-5-4-6-8-14)19(24)21-17-10-15(13-25-3)9-16(11-17)18(22)23/h4-11H,12-13H2,1-3H3,(H,21,24)(H,22,23). The van der Waals surface area contributed by atoms with Gasteiger partial charge in [-0.3, -0.25) is 4.79 Å². The van der Waals surface area contributed by atoms with Crippen LogP contribution in [0.25, 0.3) is 0 Å². The highest BCUT2D eigenvalue weighted by atomic mass is 16.5. The highest BCUT2D eigenvalue weighted by Gasteiger charge is 2.28. The number of nitrogens with one attached hydrogen (secondary N) is 1. The third kappa shape index (κ3) is 5.16. The van der Waals surface area contributed by atoms with Gasteiger partial charge in [0.05, 0.1) is 12.2 Å². The summed E-state index contributed by atoms with van der Waals surface area (Å²) in [4.78, 5) is 24.0. The SMILES string of the molecule is COCc1cc(NC(=O)C(C)(C)Cc2ccccc2)cc(C(=O)O)c1. The smallest absolute Gasteiger partial charge is 0.335 e. The minimum Gasteiger partial charge on any atom is -0.478 e. The molecule has 132 valence electrons. The van der Waals surface area contributed by atoms with E-state index < -0.39 is 11.4 Å². The van der Waals surface area contributed by atoms with E-state index in [9.17, 15) is 14.7 Å². The number of carboxylic acids is 1. The molecule has 0 aliphatic rings. The average Bonchev–Trinajstić information content (AvgIpc) is 2.55. The van der Waals surface area contributed by atoms with E-state index in [1.807, 2.05) is 44.2 Å². The Morgan fingerprint density at radius 1 is 1.08 bits per heavy atom. The van der Waals surface area contributed by atoms with E-state index in [1.54, 1.807) is 6.07 Å². The highest BCUT2D eigenvalue weighted by Crippen LogP contribution is 2.25. The van der Waals surface area contributed by atoms with Crippen LogP contribution in [0.1, 0.15) is 35.3 Å². The van der Waals surface area contributed by atoms with Crippen LogP contribution in [0.5, 0.6) is 0 Å². The van der Waals surface area contributed by atoms with Crippen LogP contribution in [0.4, 0.5) is 5.69 Å². The molecule has 0 spiro atoms. The van der Waals surface area contributed by atoms with Crippen LogP contribution < -0.4 is 5.32 Å². The lowest BCUT2D eigenvalue weighted by atomic mass is 9.84. The number of amides is 1. The number of rotatable bonds is 7. The van der Waals surface area contributed by atoms with Crippen molar-refractivity contribution < 1.29 is 19.4 Å². The van der Waals surface area contributed by atoms with Gasteiger partial charge in [-0.1, -0.05) is 44.2 Å². The second kappa shape index (κ2) is 7.94. The Morgan fingerprint density at radius 3 is 2.36 bits per heavy atom. The summed E-state index contributed by atoms with van der Waals surface area (Å²) in [5, 5.41) is 12.1. The van der Waals surface area contributed by atoms with Gasteiger partial charge >= 0.3 is 5.97 Å². The van der Waals surface area contributed by atoms with Crippen molar-refractivity contribution in [2.75, 3.05) is 12.4 Å². The Bertz CT molecular complexity index is 754. The lowest BCUT2D eigenvalue weighted by Crippen LogP contribution is -2.32. The van der Waals surface area contributed by atoms with Crippen molar-refractivity contribution in [2.45, 2.75) is 26.9 Å². The first-order valence-electron chi connectivity index (χ1n) is 8.03. The summed E-state index contributed by atoms with van der Waals surface area (Å²) in [7, 11) is 1.54. The van der Waals surface area contributed by atoms with Crippen molar-refractivity contribution in [3.8, 4) is 0 Å². The number of hydrogen-bond acceptors (Lipinski definition) is 3. The lowest BCUT2D eigenvalue weighted by Gasteiger charge is -2.24. The lowest BCUT2D eigenvalue weighted by molar-refractivity contribution is -0.123. The van der Waals surface area contributed by atoms with E-state index in [4.69, 9.17) is 4.74 Å². The van der Waals surface area contributed by atoms with Crippen molar-refractivity contribution in [2.24, 2.45) is 5.41 Å². The molecule has 0 aliphatic carbocycles. The molecule has 5 nitrogen and oxygen atoms in total. The number of methoxy groups -OCH3 is 1. The highest BCUT2D eigenvalue weighted by molar-refractivity contribution is 5.97. The molecule has 0 radical (unpaired) electrons. The van der Waals surface area contributed by atoms with Gasteiger partial charge in [0.25, 0.3) is 0 Å². The number of ether oxygens (including phenoxy) is 1. The van der Waals surface area contributed by atoms with Gasteiger partial charge in [-0.15, -0.1) is 0 Å². The van der Waals surface area contributed by atoms with Crippen LogP contribution in [0.3, 0.4) is 0 Å². The summed E-state index contributed by atoms with van der Waals surface area (Å²) in [5.41, 5.74) is 1.70. The van der Waals surface area contributed by atoms with Crippen LogP contribution in [0.15, 0.2) is 48.5 Å². The molecular weight excluding hydrogens is 318 g/mol. The number of carbonyl (C=O) groups is 2. The fraction of sp³-hybridized carbons (Fsp3) is 0.300. The van der Waals surface area contributed by atoms with Crippen LogP contribution in [-0.4, -0.2) is 24.1 Å². The second-order valence-corrected chi connectivity index (χ2v) is 6.66. The van der Waals surface area contributed by atoms with Gasteiger partial charge in [0.2, 0.25) is 5.91 Å². The fourth-order valence-corrected chi connectivity index (χ4v) is 2.62. The maximum atomic E-state index is 12.7. The number of hydrogen-bond donors (Lipinski definition) is 2. The van der Waals surface area contributed by atoms with Gasteiger partial charge in [-0.25, -0.2) is 4.79 Å². The summed E-state index contributed by atoms with van der Waals surface area (Å²) in [6, 6.07) is 14.5. The zero-order valence-corrected chi connectivity index (χ0v) is 14.7. The largest absolute Gasteiger partial charge is 0.478 e. The van der Waals surface area contributed by atoms with Gasteiger partial charge in [0.1, 0.15) is 0 Å². The second-order valence-electron chi connectivity index (χ2n) is 6.66. The summed E-state index contributed by atoms with van der Waals surface area (Å²) in [6.45, 7) is 4.01. The Morgan fingerprint density at radius 2 is 1.76 bits per heavy atom. The molecule has 2 rings (SSSR count). The van der Waals surface area contributed by atoms with Crippen molar-refractivity contribution in [1.29, 1.82) is 0 Å². The maximum absolute atomic E-state index is 12.7. The number of aromatic carboxylic acids is 1. The van der Waals surface area contributed by atoms with Gasteiger partial charge < -0.3 is 15.2 Å². The number of benzene rings is 2. The summed E-state index contributed by atoms with van der Waals surface area (Å²) in [5.74, 6) is -1.21. The molecule has 2 aromatic carbocycles. The quantitative estimate of drug-likeness (QED) is 0.804.